The van der Waals surface area contributed by atoms with E-state index in [9.17, 15) is 4.79 Å². The smallest absolute Gasteiger partial charge is 0.264 e. The van der Waals surface area contributed by atoms with Gasteiger partial charge in [-0.25, -0.2) is 0 Å². The fraction of sp³-hybridized carbons (Fsp3) is 0.182. The maximum Gasteiger partial charge on any atom is 0.264 e. The zero-order valence-corrected chi connectivity index (χ0v) is 9.82. The molecular weight excluding hydrogens is 238 g/mol. The standard InChI is InChI=1S/C11H9N3O2S/c1-7-5-10(17-14-7)11(15)13-8(6-12)9-3-2-4-16-9/h2-5,8H,1H3,(H,13,15). The molecule has 17 heavy (non-hydrogen) atoms. The minimum Gasteiger partial charge on any atom is -0.466 e. The summed E-state index contributed by atoms with van der Waals surface area (Å²) in [7, 11) is 0. The SMILES string of the molecule is Cc1cc(C(=O)NC(C#N)c2ccco2)sn1. The van der Waals surface area contributed by atoms with Crippen LogP contribution in [0.4, 0.5) is 0 Å². The minimum absolute atomic E-state index is 0.321. The minimum atomic E-state index is -0.778. The van der Waals surface area contributed by atoms with Crippen molar-refractivity contribution >= 4 is 17.4 Å². The highest BCUT2D eigenvalue weighted by atomic mass is 32.1. The number of nitriles is 1. The number of carbonyl (C=O) groups is 1. The van der Waals surface area contributed by atoms with Gasteiger partial charge < -0.3 is 9.73 Å². The summed E-state index contributed by atoms with van der Waals surface area (Å²) in [5.41, 5.74) is 0.784. The lowest BCUT2D eigenvalue weighted by Gasteiger charge is -2.07. The quantitative estimate of drug-likeness (QED) is 0.900. The van der Waals surface area contributed by atoms with Gasteiger partial charge in [-0.3, -0.25) is 4.79 Å². The van der Waals surface area contributed by atoms with Crippen molar-refractivity contribution in [3.63, 3.8) is 0 Å². The van der Waals surface area contributed by atoms with Gasteiger partial charge >= 0.3 is 0 Å². The van der Waals surface area contributed by atoms with Crippen LogP contribution < -0.4 is 5.32 Å². The van der Waals surface area contributed by atoms with Gasteiger partial charge in [-0.05, 0) is 36.7 Å². The first-order valence-electron chi connectivity index (χ1n) is 4.88. The summed E-state index contributed by atoms with van der Waals surface area (Å²) < 4.78 is 9.09. The van der Waals surface area contributed by atoms with Crippen molar-refractivity contribution in [1.29, 1.82) is 5.26 Å². The molecule has 1 unspecified atom stereocenters. The lowest BCUT2D eigenvalue weighted by molar-refractivity contribution is 0.0945. The first kappa shape index (κ1) is 11.4. The topological polar surface area (TPSA) is 78.9 Å². The van der Waals surface area contributed by atoms with Gasteiger partial charge in [0.05, 0.1) is 18.0 Å². The number of rotatable bonds is 3. The highest BCUT2D eigenvalue weighted by molar-refractivity contribution is 7.08. The Morgan fingerprint density at radius 1 is 1.71 bits per heavy atom. The van der Waals surface area contributed by atoms with Crippen molar-refractivity contribution in [2.24, 2.45) is 0 Å². The van der Waals surface area contributed by atoms with Crippen molar-refractivity contribution in [3.8, 4) is 6.07 Å². The van der Waals surface area contributed by atoms with Crippen molar-refractivity contribution < 1.29 is 9.21 Å². The summed E-state index contributed by atoms with van der Waals surface area (Å²) in [5.74, 6) is 0.0978. The molecule has 0 aromatic carbocycles. The molecule has 1 N–H and O–H groups in total. The number of furan rings is 1. The van der Waals surface area contributed by atoms with Crippen LogP contribution in [0.3, 0.4) is 0 Å². The lowest BCUT2D eigenvalue weighted by Crippen LogP contribution is -2.26. The predicted octanol–water partition coefficient (Wildman–Crippen LogP) is 2.04. The molecule has 86 valence electrons. The second kappa shape index (κ2) is 4.80. The maximum absolute atomic E-state index is 11.8. The molecule has 5 nitrogen and oxygen atoms in total. The van der Waals surface area contributed by atoms with Gasteiger partial charge in [0.15, 0.2) is 6.04 Å². The van der Waals surface area contributed by atoms with E-state index in [4.69, 9.17) is 9.68 Å². The highest BCUT2D eigenvalue weighted by Crippen LogP contribution is 2.15. The van der Waals surface area contributed by atoms with Crippen LogP contribution in [-0.4, -0.2) is 10.3 Å². The van der Waals surface area contributed by atoms with Gasteiger partial charge in [0.25, 0.3) is 5.91 Å². The van der Waals surface area contributed by atoms with Crippen LogP contribution >= 0.6 is 11.5 Å². The molecule has 6 heteroatoms. The van der Waals surface area contributed by atoms with Crippen LogP contribution in [0.1, 0.15) is 27.2 Å². The molecule has 1 atom stereocenters. The third kappa shape index (κ3) is 2.52. The summed E-state index contributed by atoms with van der Waals surface area (Å²) in [4.78, 5) is 12.3. The molecule has 0 saturated heterocycles. The predicted molar refractivity (Wildman–Crippen MR) is 61.4 cm³/mol. The molecule has 0 radical (unpaired) electrons. The molecule has 0 aliphatic heterocycles. The number of carbonyl (C=O) groups excluding carboxylic acids is 1. The number of hydrogen-bond donors (Lipinski definition) is 1. The summed E-state index contributed by atoms with van der Waals surface area (Å²) in [5, 5.41) is 11.5. The molecule has 2 heterocycles. The van der Waals surface area contributed by atoms with E-state index in [0.717, 1.165) is 17.2 Å². The number of hydrogen-bond acceptors (Lipinski definition) is 5. The van der Waals surface area contributed by atoms with E-state index < -0.39 is 6.04 Å². The second-order valence-corrected chi connectivity index (χ2v) is 4.19. The summed E-state index contributed by atoms with van der Waals surface area (Å²) in [6.45, 7) is 1.81. The molecule has 1 amide bonds. The van der Waals surface area contributed by atoms with E-state index in [1.807, 2.05) is 13.0 Å². The Morgan fingerprint density at radius 3 is 3.06 bits per heavy atom. The molecule has 0 aliphatic carbocycles. The molecule has 2 aromatic rings. The molecule has 0 fully saturated rings. The Hall–Kier alpha value is -2.13. The zero-order valence-electron chi connectivity index (χ0n) is 9.01. The van der Waals surface area contributed by atoms with Crippen LogP contribution in [0.25, 0.3) is 0 Å². The van der Waals surface area contributed by atoms with Crippen LogP contribution in [0.5, 0.6) is 0 Å². The third-order valence-corrected chi connectivity index (χ3v) is 2.96. The Balaban J connectivity index is 2.10. The van der Waals surface area contributed by atoms with Gasteiger partial charge in [0, 0.05) is 0 Å². The van der Waals surface area contributed by atoms with Crippen molar-refractivity contribution in [2.45, 2.75) is 13.0 Å². The van der Waals surface area contributed by atoms with Gasteiger partial charge in [-0.15, -0.1) is 0 Å². The van der Waals surface area contributed by atoms with Crippen LogP contribution in [0.15, 0.2) is 28.9 Å². The number of amides is 1. The molecule has 0 aliphatic rings. The van der Waals surface area contributed by atoms with Gasteiger partial charge in [0.1, 0.15) is 10.6 Å². The monoisotopic (exact) mass is 247 g/mol. The molecule has 0 bridgehead atoms. The highest BCUT2D eigenvalue weighted by Gasteiger charge is 2.18. The van der Waals surface area contributed by atoms with E-state index in [-0.39, 0.29) is 5.91 Å². The first-order chi connectivity index (χ1) is 8.20. The Labute approximate surface area is 102 Å². The van der Waals surface area contributed by atoms with E-state index in [1.54, 1.807) is 18.2 Å². The summed E-state index contributed by atoms with van der Waals surface area (Å²) in [6.07, 6.45) is 1.46. The fourth-order valence-electron chi connectivity index (χ4n) is 1.30. The Bertz CT molecular complexity index is 554. The normalized spacial score (nSPS) is 11.8. The largest absolute Gasteiger partial charge is 0.466 e. The average molecular weight is 247 g/mol. The van der Waals surface area contributed by atoms with Gasteiger partial charge in [0.2, 0.25) is 0 Å². The summed E-state index contributed by atoms with van der Waals surface area (Å²) in [6, 6.07) is 6.18. The third-order valence-electron chi connectivity index (χ3n) is 2.08. The number of nitrogens with one attached hydrogen (secondary N) is 1. The number of aryl methyl sites for hydroxylation is 1. The van der Waals surface area contributed by atoms with Gasteiger partial charge in [-0.2, -0.15) is 9.64 Å². The van der Waals surface area contributed by atoms with Crippen molar-refractivity contribution in [2.75, 3.05) is 0 Å². The number of aromatic nitrogens is 1. The molecule has 0 spiro atoms. The average Bonchev–Trinajstić information content (AvgIpc) is 2.96. The maximum atomic E-state index is 11.8. The van der Waals surface area contributed by atoms with E-state index in [0.29, 0.717) is 10.6 Å². The summed E-state index contributed by atoms with van der Waals surface area (Å²) >= 11 is 1.11. The molecule has 0 saturated carbocycles. The molecule has 2 aromatic heterocycles. The second-order valence-electron chi connectivity index (χ2n) is 3.38. The Morgan fingerprint density at radius 2 is 2.53 bits per heavy atom. The van der Waals surface area contributed by atoms with E-state index in [2.05, 4.69) is 9.69 Å². The van der Waals surface area contributed by atoms with Crippen LogP contribution in [-0.2, 0) is 0 Å². The zero-order chi connectivity index (χ0) is 12.3. The van der Waals surface area contributed by atoms with Gasteiger partial charge in [-0.1, -0.05) is 0 Å². The van der Waals surface area contributed by atoms with E-state index in [1.165, 1.54) is 6.26 Å². The first-order valence-corrected chi connectivity index (χ1v) is 5.65. The van der Waals surface area contributed by atoms with Crippen LogP contribution in [0, 0.1) is 18.3 Å². The van der Waals surface area contributed by atoms with E-state index >= 15 is 0 Å². The molecule has 2 rings (SSSR count). The Kier molecular flexibility index (Phi) is 3.21. The lowest BCUT2D eigenvalue weighted by atomic mass is 10.2. The van der Waals surface area contributed by atoms with Crippen molar-refractivity contribution in [1.82, 2.24) is 9.69 Å². The number of nitrogens with zero attached hydrogens (tertiary/aromatic N) is 2. The molecular formula is C11H9N3O2S. The fourth-order valence-corrected chi connectivity index (χ4v) is 1.96. The van der Waals surface area contributed by atoms with Crippen molar-refractivity contribution in [3.05, 3.63) is 40.8 Å². The van der Waals surface area contributed by atoms with Crippen LogP contribution in [0.2, 0.25) is 0 Å².